The van der Waals surface area contributed by atoms with Crippen LogP contribution >= 0.6 is 22.7 Å². The van der Waals surface area contributed by atoms with Gasteiger partial charge in [0.1, 0.15) is 0 Å². The summed E-state index contributed by atoms with van der Waals surface area (Å²) in [5.41, 5.74) is 3.79. The Hall–Kier alpha value is -3.29. The maximum absolute atomic E-state index is 13.1. The highest BCUT2D eigenvalue weighted by Crippen LogP contribution is 2.38. The van der Waals surface area contributed by atoms with Crippen molar-refractivity contribution in [1.82, 2.24) is 15.0 Å². The second kappa shape index (κ2) is 7.85. The molecule has 0 aliphatic carbocycles. The molecule has 0 bridgehead atoms. The molecule has 146 valence electrons. The van der Waals surface area contributed by atoms with Crippen molar-refractivity contribution in [2.24, 2.45) is 0 Å². The zero-order valence-corrected chi connectivity index (χ0v) is 17.1. The lowest BCUT2D eigenvalue weighted by Crippen LogP contribution is -1.81. The summed E-state index contributed by atoms with van der Waals surface area (Å²) in [4.78, 5) is 16.1. The minimum Gasteiger partial charge on any atom is -0.263 e. The fourth-order valence-electron chi connectivity index (χ4n) is 3.05. The van der Waals surface area contributed by atoms with E-state index in [1.165, 1.54) is 24.5 Å². The highest BCUT2D eigenvalue weighted by atomic mass is 32.1. The first-order chi connectivity index (χ1) is 14.7. The van der Waals surface area contributed by atoms with E-state index in [1.807, 2.05) is 36.7 Å². The van der Waals surface area contributed by atoms with Gasteiger partial charge in [-0.3, -0.25) is 4.98 Å². The second-order valence-corrected chi connectivity index (χ2v) is 8.70. The molecule has 3 nitrogen and oxygen atoms in total. The molecule has 0 amide bonds. The molecule has 0 saturated heterocycles. The molecule has 5 aromatic heterocycles. The fraction of sp³-hybridized carbons (Fsp3) is 0. The molecular weight excluding hydrogens is 420 g/mol. The number of hydrogen-bond acceptors (Lipinski definition) is 5. The predicted molar refractivity (Wildman–Crippen MR) is 117 cm³/mol. The van der Waals surface area contributed by atoms with Gasteiger partial charge in [-0.1, -0.05) is 0 Å². The van der Waals surface area contributed by atoms with Gasteiger partial charge in [-0.25, -0.2) is 9.97 Å². The Morgan fingerprint density at radius 3 is 1.33 bits per heavy atom. The molecule has 0 aliphatic rings. The van der Waals surface area contributed by atoms with Crippen molar-refractivity contribution >= 4 is 22.7 Å². The Morgan fingerprint density at radius 1 is 0.500 bits per heavy atom. The van der Waals surface area contributed by atoms with Gasteiger partial charge in [-0.2, -0.15) is 8.78 Å². The van der Waals surface area contributed by atoms with Gasteiger partial charge >= 0.3 is 0 Å². The Bertz CT molecular complexity index is 1210. The maximum atomic E-state index is 13.1. The molecule has 0 fully saturated rings. The third-order valence-corrected chi connectivity index (χ3v) is 6.91. The summed E-state index contributed by atoms with van der Waals surface area (Å²) in [5.74, 6) is -0.974. The van der Waals surface area contributed by atoms with E-state index >= 15 is 0 Å². The van der Waals surface area contributed by atoms with Crippen LogP contribution in [0.3, 0.4) is 0 Å². The van der Waals surface area contributed by atoms with Crippen LogP contribution in [-0.2, 0) is 0 Å². The van der Waals surface area contributed by atoms with Crippen LogP contribution in [0.2, 0.25) is 0 Å². The van der Waals surface area contributed by atoms with Gasteiger partial charge in [0.2, 0.25) is 11.9 Å². The Kier molecular flexibility index (Phi) is 4.90. The van der Waals surface area contributed by atoms with Gasteiger partial charge in [0, 0.05) is 66.5 Å². The molecular formula is C23H13F2N3S2. The van der Waals surface area contributed by atoms with Gasteiger partial charge in [0.15, 0.2) is 0 Å². The van der Waals surface area contributed by atoms with Crippen LogP contribution in [0.5, 0.6) is 0 Å². The SMILES string of the molecule is Fc1ccc(-c2ccc(-c3cncc(-c4ccc(-c5ccc(F)nc5)s4)c3)s2)cn1. The van der Waals surface area contributed by atoms with Crippen molar-refractivity contribution in [2.45, 2.75) is 0 Å². The van der Waals surface area contributed by atoms with Crippen molar-refractivity contribution < 1.29 is 8.78 Å². The van der Waals surface area contributed by atoms with Gasteiger partial charge in [-0.15, -0.1) is 22.7 Å². The fourth-order valence-corrected chi connectivity index (χ4v) is 5.00. The third-order valence-electron chi connectivity index (χ3n) is 4.54. The lowest BCUT2D eigenvalue weighted by molar-refractivity contribution is 0.583. The molecule has 5 aromatic rings. The minimum absolute atomic E-state index is 0.487. The van der Waals surface area contributed by atoms with Gasteiger partial charge < -0.3 is 0 Å². The van der Waals surface area contributed by atoms with E-state index in [0.717, 1.165) is 41.8 Å². The molecule has 0 N–H and O–H groups in total. The normalized spacial score (nSPS) is 11.0. The van der Waals surface area contributed by atoms with Crippen LogP contribution in [0, 0.1) is 11.9 Å². The van der Waals surface area contributed by atoms with Crippen molar-refractivity contribution in [3.8, 4) is 41.8 Å². The Labute approximate surface area is 179 Å². The van der Waals surface area contributed by atoms with Crippen LogP contribution in [0.4, 0.5) is 8.78 Å². The van der Waals surface area contributed by atoms with E-state index in [9.17, 15) is 8.78 Å². The molecule has 5 rings (SSSR count). The molecule has 30 heavy (non-hydrogen) atoms. The molecule has 0 aliphatic heterocycles. The highest BCUT2D eigenvalue weighted by molar-refractivity contribution is 7.19. The summed E-state index contributed by atoms with van der Waals surface area (Å²) in [6.45, 7) is 0. The van der Waals surface area contributed by atoms with Crippen LogP contribution in [-0.4, -0.2) is 15.0 Å². The molecule has 0 aromatic carbocycles. The summed E-state index contributed by atoms with van der Waals surface area (Å²) in [7, 11) is 0. The summed E-state index contributed by atoms with van der Waals surface area (Å²) in [6.07, 6.45) is 6.75. The van der Waals surface area contributed by atoms with E-state index in [0.29, 0.717) is 0 Å². The van der Waals surface area contributed by atoms with Gasteiger partial charge in [0.05, 0.1) is 0 Å². The van der Waals surface area contributed by atoms with Crippen LogP contribution in [0.25, 0.3) is 41.8 Å². The zero-order valence-electron chi connectivity index (χ0n) is 15.4. The van der Waals surface area contributed by atoms with Crippen LogP contribution < -0.4 is 0 Å². The Morgan fingerprint density at radius 2 is 0.933 bits per heavy atom. The number of aromatic nitrogens is 3. The molecule has 0 saturated carbocycles. The summed E-state index contributed by atoms with van der Waals surface area (Å²) >= 11 is 3.22. The van der Waals surface area contributed by atoms with Crippen molar-refractivity contribution in [3.05, 3.63) is 91.3 Å². The van der Waals surface area contributed by atoms with Gasteiger partial charge in [0.25, 0.3) is 0 Å². The molecule has 0 radical (unpaired) electrons. The predicted octanol–water partition coefficient (Wildman–Crippen LogP) is 6.94. The van der Waals surface area contributed by atoms with E-state index in [4.69, 9.17) is 0 Å². The average molecular weight is 434 g/mol. The van der Waals surface area contributed by atoms with E-state index in [1.54, 1.807) is 34.8 Å². The largest absolute Gasteiger partial charge is 0.263 e. The number of hydrogen-bond donors (Lipinski definition) is 0. The van der Waals surface area contributed by atoms with E-state index < -0.39 is 11.9 Å². The number of nitrogens with zero attached hydrogens (tertiary/aromatic N) is 3. The number of rotatable bonds is 4. The smallest absolute Gasteiger partial charge is 0.212 e. The molecule has 0 unspecified atom stereocenters. The highest BCUT2D eigenvalue weighted by Gasteiger charge is 2.10. The van der Waals surface area contributed by atoms with Gasteiger partial charge in [-0.05, 0) is 54.6 Å². The first kappa shape index (κ1) is 18.7. The molecule has 0 atom stereocenters. The summed E-state index contributed by atoms with van der Waals surface area (Å²) in [6, 6.07) is 16.4. The maximum Gasteiger partial charge on any atom is 0.212 e. The lowest BCUT2D eigenvalue weighted by atomic mass is 10.1. The first-order valence-corrected chi connectivity index (χ1v) is 10.7. The standard InChI is InChI=1S/C23H13F2N3S2/c24-22-7-1-14(12-27-22)18-3-5-20(29-18)16-9-17(11-26-10-16)21-6-4-19(30-21)15-2-8-23(25)28-13-15/h1-13H. The zero-order chi connectivity index (χ0) is 20.5. The molecule has 5 heterocycles. The molecule has 7 heteroatoms. The monoisotopic (exact) mass is 433 g/mol. The minimum atomic E-state index is -0.487. The van der Waals surface area contributed by atoms with Crippen molar-refractivity contribution in [1.29, 1.82) is 0 Å². The topological polar surface area (TPSA) is 38.7 Å². The second-order valence-electron chi connectivity index (χ2n) is 6.53. The summed E-state index contributed by atoms with van der Waals surface area (Å²) < 4.78 is 26.1. The third kappa shape index (κ3) is 3.77. The van der Waals surface area contributed by atoms with Crippen LogP contribution in [0.1, 0.15) is 0 Å². The number of pyridine rings is 3. The van der Waals surface area contributed by atoms with E-state index in [2.05, 4.69) is 21.0 Å². The van der Waals surface area contributed by atoms with Crippen LogP contribution in [0.15, 0.2) is 79.4 Å². The number of halogens is 2. The molecule has 0 spiro atoms. The van der Waals surface area contributed by atoms with Crippen molar-refractivity contribution in [3.63, 3.8) is 0 Å². The number of thiophene rings is 2. The lowest BCUT2D eigenvalue weighted by Gasteiger charge is -2.02. The van der Waals surface area contributed by atoms with Crippen molar-refractivity contribution in [2.75, 3.05) is 0 Å². The quantitative estimate of drug-likeness (QED) is 0.288. The average Bonchev–Trinajstić information content (AvgIpc) is 3.45. The Balaban J connectivity index is 1.44. The first-order valence-electron chi connectivity index (χ1n) is 9.05. The van der Waals surface area contributed by atoms with E-state index in [-0.39, 0.29) is 0 Å². The summed E-state index contributed by atoms with van der Waals surface area (Å²) in [5, 5.41) is 0.